The number of thiazole rings is 1. The zero-order valence-electron chi connectivity index (χ0n) is 9.60. The molecule has 0 saturated carbocycles. The van der Waals surface area contributed by atoms with Crippen molar-refractivity contribution in [1.29, 1.82) is 0 Å². The number of morpholine rings is 1. The van der Waals surface area contributed by atoms with Gasteiger partial charge in [0.1, 0.15) is 0 Å². The van der Waals surface area contributed by atoms with Crippen LogP contribution in [0.1, 0.15) is 16.6 Å². The summed E-state index contributed by atoms with van der Waals surface area (Å²) in [6.07, 6.45) is 0.160. The summed E-state index contributed by atoms with van der Waals surface area (Å²) >= 11 is 7.17. The molecule has 0 amide bonds. The fraction of sp³-hybridized carbons (Fsp3) is 0.600. The number of methoxy groups -OCH3 is 1. The lowest BCUT2D eigenvalue weighted by Gasteiger charge is -2.30. The molecule has 0 aliphatic carbocycles. The third-order valence-electron chi connectivity index (χ3n) is 2.46. The summed E-state index contributed by atoms with van der Waals surface area (Å²) in [7, 11) is 1.33. The summed E-state index contributed by atoms with van der Waals surface area (Å²) in [4.78, 5) is 18.0. The first-order valence-electron chi connectivity index (χ1n) is 5.23. The van der Waals surface area contributed by atoms with E-state index in [1.807, 2.05) is 6.92 Å². The molecule has 1 aromatic heterocycles. The van der Waals surface area contributed by atoms with Gasteiger partial charge in [-0.15, -0.1) is 0 Å². The molecule has 2 heterocycles. The molecule has 1 aliphatic heterocycles. The van der Waals surface area contributed by atoms with Crippen LogP contribution in [0.4, 0.5) is 5.13 Å². The third kappa shape index (κ3) is 2.70. The van der Waals surface area contributed by atoms with E-state index in [0.717, 1.165) is 18.2 Å². The quantitative estimate of drug-likeness (QED) is 0.771. The lowest BCUT2D eigenvalue weighted by molar-refractivity contribution is 0.0532. The number of carbonyl (C=O) groups excluding carboxylic acids is 1. The Labute approximate surface area is 108 Å². The minimum Gasteiger partial charge on any atom is -0.465 e. The Morgan fingerprint density at radius 3 is 3.12 bits per heavy atom. The first-order chi connectivity index (χ1) is 8.11. The molecule has 0 N–H and O–H groups in total. The minimum absolute atomic E-state index is 0.160. The lowest BCUT2D eigenvalue weighted by atomic mass is 10.3. The van der Waals surface area contributed by atoms with Gasteiger partial charge >= 0.3 is 5.97 Å². The van der Waals surface area contributed by atoms with Gasteiger partial charge in [0, 0.05) is 13.1 Å². The first kappa shape index (κ1) is 12.6. The number of nitrogens with zero attached hydrogens (tertiary/aromatic N) is 2. The standard InChI is InChI=1S/C10H13ClN2O3S/c1-6-5-13(3-4-16-6)10-12-8(11)7(17-10)9(14)15-2/h6H,3-5H2,1-2H3. The summed E-state index contributed by atoms with van der Waals surface area (Å²) in [6, 6.07) is 0. The van der Waals surface area contributed by atoms with Crippen LogP contribution in [0.5, 0.6) is 0 Å². The number of esters is 1. The predicted octanol–water partition coefficient (Wildman–Crippen LogP) is 1.81. The number of anilines is 1. The van der Waals surface area contributed by atoms with Gasteiger partial charge < -0.3 is 14.4 Å². The van der Waals surface area contributed by atoms with E-state index < -0.39 is 5.97 Å². The molecule has 0 aromatic carbocycles. The van der Waals surface area contributed by atoms with E-state index in [0.29, 0.717) is 11.5 Å². The number of ether oxygens (including phenoxy) is 2. The molecular formula is C10H13ClN2O3S. The van der Waals surface area contributed by atoms with Gasteiger partial charge in [0.05, 0.1) is 19.8 Å². The van der Waals surface area contributed by atoms with E-state index >= 15 is 0 Å². The maximum Gasteiger partial charge on any atom is 0.351 e. The Hall–Kier alpha value is -0.850. The van der Waals surface area contributed by atoms with Crippen LogP contribution in [0, 0.1) is 0 Å². The summed E-state index contributed by atoms with van der Waals surface area (Å²) in [5.74, 6) is -0.444. The van der Waals surface area contributed by atoms with Crippen LogP contribution >= 0.6 is 22.9 Å². The van der Waals surface area contributed by atoms with Crippen LogP contribution < -0.4 is 4.90 Å². The van der Waals surface area contributed by atoms with Crippen LogP contribution in [-0.4, -0.2) is 43.9 Å². The second-order valence-corrected chi connectivity index (χ2v) is 5.07. The van der Waals surface area contributed by atoms with Gasteiger partial charge in [-0.2, -0.15) is 0 Å². The normalized spacial score (nSPS) is 20.4. The van der Waals surface area contributed by atoms with Crippen molar-refractivity contribution >= 4 is 34.0 Å². The topological polar surface area (TPSA) is 51.7 Å². The highest BCUT2D eigenvalue weighted by molar-refractivity contribution is 7.18. The van der Waals surface area contributed by atoms with Crippen molar-refractivity contribution in [1.82, 2.24) is 4.98 Å². The van der Waals surface area contributed by atoms with E-state index in [1.165, 1.54) is 18.4 Å². The van der Waals surface area contributed by atoms with Crippen LogP contribution in [0.2, 0.25) is 5.15 Å². The Bertz CT molecular complexity index is 424. The number of hydrogen-bond donors (Lipinski definition) is 0. The zero-order chi connectivity index (χ0) is 12.4. The largest absolute Gasteiger partial charge is 0.465 e. The van der Waals surface area contributed by atoms with Crippen LogP contribution in [0.15, 0.2) is 0 Å². The minimum atomic E-state index is -0.444. The van der Waals surface area contributed by atoms with Crippen molar-refractivity contribution in [2.45, 2.75) is 13.0 Å². The van der Waals surface area contributed by atoms with Gasteiger partial charge in [0.2, 0.25) is 0 Å². The van der Waals surface area contributed by atoms with Crippen LogP contribution in [-0.2, 0) is 9.47 Å². The van der Waals surface area contributed by atoms with E-state index in [4.69, 9.17) is 16.3 Å². The highest BCUT2D eigenvalue weighted by Gasteiger charge is 2.23. The molecule has 1 saturated heterocycles. The maximum atomic E-state index is 11.4. The van der Waals surface area contributed by atoms with Gasteiger partial charge in [0.25, 0.3) is 0 Å². The molecule has 0 spiro atoms. The predicted molar refractivity (Wildman–Crippen MR) is 66.1 cm³/mol. The molecule has 94 valence electrons. The average molecular weight is 277 g/mol. The van der Waals surface area contributed by atoms with Crippen LogP contribution in [0.3, 0.4) is 0 Å². The monoisotopic (exact) mass is 276 g/mol. The third-order valence-corrected chi connectivity index (χ3v) is 3.94. The highest BCUT2D eigenvalue weighted by Crippen LogP contribution is 2.31. The van der Waals surface area contributed by atoms with E-state index in [2.05, 4.69) is 14.6 Å². The summed E-state index contributed by atoms with van der Waals surface area (Å²) in [5, 5.41) is 0.946. The number of aromatic nitrogens is 1. The Balaban J connectivity index is 2.19. The Kier molecular flexibility index (Phi) is 3.86. The zero-order valence-corrected chi connectivity index (χ0v) is 11.2. The smallest absolute Gasteiger partial charge is 0.351 e. The summed E-state index contributed by atoms with van der Waals surface area (Å²) < 4.78 is 10.1. The first-order valence-corrected chi connectivity index (χ1v) is 6.42. The van der Waals surface area contributed by atoms with Crippen molar-refractivity contribution in [3.05, 3.63) is 10.0 Å². The summed E-state index contributed by atoms with van der Waals surface area (Å²) in [6.45, 7) is 4.17. The molecular weight excluding hydrogens is 264 g/mol. The van der Waals surface area contributed by atoms with Crippen molar-refractivity contribution in [2.24, 2.45) is 0 Å². The van der Waals surface area contributed by atoms with Gasteiger partial charge in [-0.05, 0) is 6.92 Å². The fourth-order valence-corrected chi connectivity index (χ4v) is 2.87. The Morgan fingerprint density at radius 2 is 2.47 bits per heavy atom. The summed E-state index contributed by atoms with van der Waals surface area (Å²) in [5.41, 5.74) is 0. The van der Waals surface area contributed by atoms with E-state index in [9.17, 15) is 4.79 Å². The molecule has 1 atom stereocenters. The second kappa shape index (κ2) is 5.20. The lowest BCUT2D eigenvalue weighted by Crippen LogP contribution is -2.41. The molecule has 7 heteroatoms. The van der Waals surface area contributed by atoms with Crippen molar-refractivity contribution in [2.75, 3.05) is 31.7 Å². The molecule has 0 bridgehead atoms. The molecule has 1 fully saturated rings. The van der Waals surface area contributed by atoms with Gasteiger partial charge in [-0.25, -0.2) is 9.78 Å². The number of hydrogen-bond acceptors (Lipinski definition) is 6. The second-order valence-electron chi connectivity index (χ2n) is 3.74. The van der Waals surface area contributed by atoms with Gasteiger partial charge in [0.15, 0.2) is 15.2 Å². The molecule has 1 unspecified atom stereocenters. The van der Waals surface area contributed by atoms with Gasteiger partial charge in [-0.3, -0.25) is 0 Å². The molecule has 1 aliphatic rings. The number of carbonyl (C=O) groups is 1. The molecule has 0 radical (unpaired) electrons. The highest BCUT2D eigenvalue weighted by atomic mass is 35.5. The van der Waals surface area contributed by atoms with Crippen molar-refractivity contribution < 1.29 is 14.3 Å². The van der Waals surface area contributed by atoms with Gasteiger partial charge in [-0.1, -0.05) is 22.9 Å². The van der Waals surface area contributed by atoms with E-state index in [1.54, 1.807) is 0 Å². The molecule has 1 aromatic rings. The number of rotatable bonds is 2. The molecule has 17 heavy (non-hydrogen) atoms. The Morgan fingerprint density at radius 1 is 1.71 bits per heavy atom. The van der Waals surface area contributed by atoms with Crippen LogP contribution in [0.25, 0.3) is 0 Å². The SMILES string of the molecule is COC(=O)c1sc(N2CCOC(C)C2)nc1Cl. The van der Waals surface area contributed by atoms with Crippen molar-refractivity contribution in [3.63, 3.8) is 0 Å². The average Bonchev–Trinajstić information content (AvgIpc) is 2.70. The number of halogens is 1. The molecule has 2 rings (SSSR count). The van der Waals surface area contributed by atoms with Crippen molar-refractivity contribution in [3.8, 4) is 0 Å². The maximum absolute atomic E-state index is 11.4. The molecule has 5 nitrogen and oxygen atoms in total. The van der Waals surface area contributed by atoms with E-state index in [-0.39, 0.29) is 11.3 Å². The fourth-order valence-electron chi connectivity index (χ4n) is 1.64.